The Labute approximate surface area is 162 Å². The molecule has 134 valence electrons. The lowest BCUT2D eigenvalue weighted by molar-refractivity contribution is -0.129. The van der Waals surface area contributed by atoms with E-state index in [0.717, 1.165) is 24.2 Å². The molecule has 0 radical (unpaired) electrons. The van der Waals surface area contributed by atoms with Crippen molar-refractivity contribution >= 4 is 29.9 Å². The zero-order chi connectivity index (χ0) is 16.7. The van der Waals surface area contributed by atoms with E-state index in [2.05, 4.69) is 15.4 Å². The largest absolute Gasteiger partial charge is 0.329 e. The minimum atomic E-state index is -0.345. The van der Waals surface area contributed by atoms with E-state index in [9.17, 15) is 9.18 Å². The molecule has 0 aromatic carbocycles. The molecule has 1 saturated carbocycles. The molecule has 1 aliphatic carbocycles. The van der Waals surface area contributed by atoms with Crippen LogP contribution in [0.2, 0.25) is 0 Å². The second-order valence-electron chi connectivity index (χ2n) is 6.52. The second-order valence-corrected chi connectivity index (χ2v) is 6.52. The van der Waals surface area contributed by atoms with Gasteiger partial charge in [0.25, 0.3) is 0 Å². The highest BCUT2D eigenvalue weighted by atomic mass is 127. The third-order valence-electron chi connectivity index (χ3n) is 4.80. The molecule has 0 unspecified atom stereocenters. The average molecular weight is 457 g/mol. The molecule has 1 N–H and O–H groups in total. The molecule has 25 heavy (non-hydrogen) atoms. The van der Waals surface area contributed by atoms with Crippen molar-refractivity contribution < 1.29 is 9.18 Å². The monoisotopic (exact) mass is 457 g/mol. The van der Waals surface area contributed by atoms with Crippen LogP contribution in [-0.2, 0) is 18.4 Å². The van der Waals surface area contributed by atoms with Crippen molar-refractivity contribution in [3.63, 3.8) is 0 Å². The first kappa shape index (κ1) is 18.2. The SMILES string of the molecule is Cn1nccc1[C@H]1[C@H](NCc2ccc(F)cn2)CC(=O)N1C1CC1.I. The van der Waals surface area contributed by atoms with Crippen molar-refractivity contribution in [2.45, 2.75) is 43.9 Å². The molecule has 1 saturated heterocycles. The molecule has 0 bridgehead atoms. The van der Waals surface area contributed by atoms with E-state index < -0.39 is 0 Å². The van der Waals surface area contributed by atoms with E-state index in [0.29, 0.717) is 19.0 Å². The Morgan fingerprint density at radius 3 is 2.72 bits per heavy atom. The molecule has 4 rings (SSSR count). The maximum Gasteiger partial charge on any atom is 0.225 e. The van der Waals surface area contributed by atoms with Crippen molar-refractivity contribution in [1.82, 2.24) is 25.0 Å². The lowest BCUT2D eigenvalue weighted by Crippen LogP contribution is -2.38. The lowest BCUT2D eigenvalue weighted by atomic mass is 10.1. The number of aryl methyl sites for hydroxylation is 1. The van der Waals surface area contributed by atoms with Crippen LogP contribution in [0.15, 0.2) is 30.6 Å². The van der Waals surface area contributed by atoms with E-state index in [4.69, 9.17) is 0 Å². The second kappa shape index (κ2) is 7.36. The Balaban J connectivity index is 0.00000182. The van der Waals surface area contributed by atoms with Crippen LogP contribution in [0, 0.1) is 5.82 Å². The third kappa shape index (κ3) is 3.69. The fraction of sp³-hybridized carbons (Fsp3) is 0.471. The lowest BCUT2D eigenvalue weighted by Gasteiger charge is -2.28. The highest BCUT2D eigenvalue weighted by Gasteiger charge is 2.47. The number of amides is 1. The predicted octanol–water partition coefficient (Wildman–Crippen LogP) is 2.17. The summed E-state index contributed by atoms with van der Waals surface area (Å²) in [6.07, 6.45) is 5.60. The highest BCUT2D eigenvalue weighted by molar-refractivity contribution is 14.0. The summed E-state index contributed by atoms with van der Waals surface area (Å²) in [5, 5.41) is 7.70. The van der Waals surface area contributed by atoms with Crippen molar-refractivity contribution in [3.8, 4) is 0 Å². The number of rotatable bonds is 5. The molecule has 0 spiro atoms. The molecule has 3 heterocycles. The van der Waals surface area contributed by atoms with Crippen LogP contribution in [0.3, 0.4) is 0 Å². The standard InChI is InChI=1S/C17H20FN5O.HI/c1-22-15(6-7-21-22)17-14(8-16(24)23(17)13-4-5-13)20-10-12-3-2-11(18)9-19-12;/h2-3,6-7,9,13-14,17,20H,4-5,8,10H2,1H3;1H/t14-,17-;/m1./s1. The summed E-state index contributed by atoms with van der Waals surface area (Å²) in [4.78, 5) is 18.6. The first-order valence-electron chi connectivity index (χ1n) is 8.26. The number of halogens is 2. The van der Waals surface area contributed by atoms with Gasteiger partial charge in [-0.3, -0.25) is 14.5 Å². The molecule has 2 atom stereocenters. The van der Waals surface area contributed by atoms with Crippen LogP contribution in [0.1, 0.15) is 36.7 Å². The topological polar surface area (TPSA) is 63.1 Å². The van der Waals surface area contributed by atoms with Crippen LogP contribution < -0.4 is 5.32 Å². The van der Waals surface area contributed by atoms with Gasteiger partial charge in [-0.05, 0) is 31.0 Å². The molecule has 2 aromatic heterocycles. The van der Waals surface area contributed by atoms with Crippen molar-refractivity contribution in [1.29, 1.82) is 0 Å². The molecule has 1 aliphatic heterocycles. The van der Waals surface area contributed by atoms with Gasteiger partial charge in [0.2, 0.25) is 5.91 Å². The quantitative estimate of drug-likeness (QED) is 0.700. The number of hydrogen-bond acceptors (Lipinski definition) is 4. The van der Waals surface area contributed by atoms with E-state index in [1.54, 1.807) is 12.3 Å². The van der Waals surface area contributed by atoms with Gasteiger partial charge in [-0.1, -0.05) is 0 Å². The van der Waals surface area contributed by atoms with E-state index in [-0.39, 0.29) is 47.8 Å². The van der Waals surface area contributed by atoms with E-state index in [1.165, 1.54) is 12.3 Å². The van der Waals surface area contributed by atoms with Crippen LogP contribution >= 0.6 is 24.0 Å². The molecular weight excluding hydrogens is 436 g/mol. The smallest absolute Gasteiger partial charge is 0.225 e. The number of pyridine rings is 1. The van der Waals surface area contributed by atoms with E-state index in [1.807, 2.05) is 22.7 Å². The van der Waals surface area contributed by atoms with Gasteiger partial charge in [-0.2, -0.15) is 5.10 Å². The number of nitrogens with one attached hydrogen (secondary N) is 1. The summed E-state index contributed by atoms with van der Waals surface area (Å²) in [6.45, 7) is 0.505. The number of nitrogens with zero attached hydrogens (tertiary/aromatic N) is 4. The minimum absolute atomic E-state index is 0. The number of hydrogen-bond donors (Lipinski definition) is 1. The van der Waals surface area contributed by atoms with Gasteiger partial charge in [0.1, 0.15) is 5.82 Å². The van der Waals surface area contributed by atoms with E-state index >= 15 is 0 Å². The minimum Gasteiger partial charge on any atom is -0.329 e. The molecule has 2 fully saturated rings. The summed E-state index contributed by atoms with van der Waals surface area (Å²) in [6, 6.07) is 5.38. The fourth-order valence-corrected chi connectivity index (χ4v) is 3.49. The number of likely N-dealkylation sites (tertiary alicyclic amines) is 1. The molecular formula is C17H21FIN5O. The summed E-state index contributed by atoms with van der Waals surface area (Å²) in [5.41, 5.74) is 1.80. The first-order chi connectivity index (χ1) is 11.6. The molecule has 2 aliphatic rings. The highest BCUT2D eigenvalue weighted by Crippen LogP contribution is 2.41. The molecule has 1 amide bonds. The predicted molar refractivity (Wildman–Crippen MR) is 101 cm³/mol. The Kier molecular flexibility index (Phi) is 5.38. The number of carbonyl (C=O) groups excluding carboxylic acids is 1. The van der Waals surface area contributed by atoms with Crippen LogP contribution in [0.25, 0.3) is 0 Å². The van der Waals surface area contributed by atoms with Gasteiger partial charge in [0.05, 0.1) is 23.6 Å². The molecule has 2 aromatic rings. The zero-order valence-corrected chi connectivity index (χ0v) is 16.3. The van der Waals surface area contributed by atoms with Gasteiger partial charge >= 0.3 is 0 Å². The molecule has 6 nitrogen and oxygen atoms in total. The maximum atomic E-state index is 13.0. The Hall–Kier alpha value is -1.55. The van der Waals surface area contributed by atoms with Crippen molar-refractivity contribution in [3.05, 3.63) is 47.8 Å². The van der Waals surface area contributed by atoms with Crippen LogP contribution in [0.4, 0.5) is 4.39 Å². The first-order valence-corrected chi connectivity index (χ1v) is 8.26. The Morgan fingerprint density at radius 1 is 1.32 bits per heavy atom. The summed E-state index contributed by atoms with van der Waals surface area (Å²) >= 11 is 0. The third-order valence-corrected chi connectivity index (χ3v) is 4.80. The van der Waals surface area contributed by atoms with Gasteiger partial charge in [0.15, 0.2) is 0 Å². The summed E-state index contributed by atoms with van der Waals surface area (Å²) in [5.74, 6) is -0.157. The number of aromatic nitrogens is 3. The van der Waals surface area contributed by atoms with Gasteiger partial charge in [0, 0.05) is 38.3 Å². The van der Waals surface area contributed by atoms with Crippen LogP contribution in [-0.4, -0.2) is 37.7 Å². The maximum absolute atomic E-state index is 13.0. The summed E-state index contributed by atoms with van der Waals surface area (Å²) < 4.78 is 14.8. The Morgan fingerprint density at radius 2 is 2.12 bits per heavy atom. The van der Waals surface area contributed by atoms with Crippen molar-refractivity contribution in [2.24, 2.45) is 7.05 Å². The fourth-order valence-electron chi connectivity index (χ4n) is 3.49. The summed E-state index contributed by atoms with van der Waals surface area (Å²) in [7, 11) is 1.90. The number of carbonyl (C=O) groups is 1. The van der Waals surface area contributed by atoms with Gasteiger partial charge < -0.3 is 10.2 Å². The Bertz CT molecular complexity index is 746. The van der Waals surface area contributed by atoms with Crippen molar-refractivity contribution in [2.75, 3.05) is 0 Å². The van der Waals surface area contributed by atoms with Gasteiger partial charge in [-0.15, -0.1) is 24.0 Å². The van der Waals surface area contributed by atoms with Crippen LogP contribution in [0.5, 0.6) is 0 Å². The average Bonchev–Trinajstić information content (AvgIpc) is 3.23. The zero-order valence-electron chi connectivity index (χ0n) is 13.9. The normalized spacial score (nSPS) is 23.0. The van der Waals surface area contributed by atoms with Gasteiger partial charge in [-0.25, -0.2) is 4.39 Å². The molecule has 8 heteroatoms.